The van der Waals surface area contributed by atoms with Crippen LogP contribution in [0.3, 0.4) is 0 Å². The summed E-state index contributed by atoms with van der Waals surface area (Å²) in [5, 5.41) is 0. The molecule has 0 unspecified atom stereocenters. The first kappa shape index (κ1) is 21.7. The van der Waals surface area contributed by atoms with Crippen molar-refractivity contribution in [2.45, 2.75) is 31.0 Å². The number of hydrazine groups is 1. The minimum Gasteiger partial charge on any atom is -0.448 e. The highest BCUT2D eigenvalue weighted by Crippen LogP contribution is 2.44. The number of benzene rings is 2. The molecule has 0 saturated carbocycles. The van der Waals surface area contributed by atoms with Crippen molar-refractivity contribution < 1.29 is 32.3 Å². The molecule has 7 nitrogen and oxygen atoms in total. The zero-order chi connectivity index (χ0) is 22.9. The van der Waals surface area contributed by atoms with E-state index < -0.39 is 30.1 Å². The number of hydrogen-bond acceptors (Lipinski definition) is 4. The number of nitrogens with one attached hydrogen (secondary N) is 2. The molecular weight excluding hydrogens is 427 g/mol. The zero-order valence-electron chi connectivity index (χ0n) is 16.8. The molecule has 0 bridgehead atoms. The van der Waals surface area contributed by atoms with Crippen molar-refractivity contribution in [1.29, 1.82) is 0 Å². The largest absolute Gasteiger partial charge is 0.472 e. The standard InChI is InChI=1S/C22H20F3N3O4/c23-22(24,25)20(30)27-26-19(29)18-10-5-11-28(18)21(31)32-12-17-15-8-3-1-6-13(15)14-7-2-4-9-16(14)17/h1-4,6-9,17-18H,5,10-12H2,(H,26,29)(H,27,30)/t18-/m0/s1. The van der Waals surface area contributed by atoms with Gasteiger partial charge >= 0.3 is 18.2 Å². The minimum atomic E-state index is -5.13. The maximum absolute atomic E-state index is 12.7. The quantitative estimate of drug-likeness (QED) is 0.708. The van der Waals surface area contributed by atoms with Crippen LogP contribution < -0.4 is 10.9 Å². The van der Waals surface area contributed by atoms with Gasteiger partial charge in [-0.3, -0.25) is 25.3 Å². The Bertz CT molecular complexity index is 1010. The maximum atomic E-state index is 12.7. The topological polar surface area (TPSA) is 87.7 Å². The molecule has 4 rings (SSSR count). The molecule has 1 aliphatic heterocycles. The average Bonchev–Trinajstić information content (AvgIpc) is 3.38. The van der Waals surface area contributed by atoms with Crippen LogP contribution in [0, 0.1) is 0 Å². The van der Waals surface area contributed by atoms with Gasteiger partial charge in [0.2, 0.25) is 0 Å². The predicted octanol–water partition coefficient (Wildman–Crippen LogP) is 3.11. The van der Waals surface area contributed by atoms with E-state index in [1.807, 2.05) is 48.5 Å². The van der Waals surface area contributed by atoms with E-state index in [1.165, 1.54) is 10.3 Å². The summed E-state index contributed by atoms with van der Waals surface area (Å²) in [5.74, 6) is -3.36. The number of ether oxygens (including phenoxy) is 1. The lowest BCUT2D eigenvalue weighted by atomic mass is 9.98. The minimum absolute atomic E-state index is 0.0580. The molecule has 1 atom stereocenters. The molecule has 1 saturated heterocycles. The third-order valence-corrected chi connectivity index (χ3v) is 5.68. The molecule has 0 spiro atoms. The van der Waals surface area contributed by atoms with Crippen LogP contribution in [-0.2, 0) is 14.3 Å². The second-order valence-electron chi connectivity index (χ2n) is 7.60. The number of amides is 3. The van der Waals surface area contributed by atoms with Crippen LogP contribution in [0.15, 0.2) is 48.5 Å². The third kappa shape index (κ3) is 4.12. The molecular formula is C22H20F3N3O4. The summed E-state index contributed by atoms with van der Waals surface area (Å²) in [7, 11) is 0. The van der Waals surface area contributed by atoms with Crippen LogP contribution in [-0.4, -0.2) is 48.2 Å². The number of likely N-dealkylation sites (tertiary alicyclic amines) is 1. The molecule has 1 fully saturated rings. The highest BCUT2D eigenvalue weighted by molar-refractivity contribution is 5.89. The Hall–Kier alpha value is -3.56. The lowest BCUT2D eigenvalue weighted by molar-refractivity contribution is -0.175. The third-order valence-electron chi connectivity index (χ3n) is 5.68. The van der Waals surface area contributed by atoms with Gasteiger partial charge in [0, 0.05) is 12.5 Å². The second kappa shape index (κ2) is 8.52. The van der Waals surface area contributed by atoms with Crippen molar-refractivity contribution in [1.82, 2.24) is 15.8 Å². The monoisotopic (exact) mass is 447 g/mol. The molecule has 0 aromatic heterocycles. The highest BCUT2D eigenvalue weighted by Gasteiger charge is 2.41. The lowest BCUT2D eigenvalue weighted by Gasteiger charge is -2.24. The van der Waals surface area contributed by atoms with Crippen molar-refractivity contribution in [2.24, 2.45) is 0 Å². The molecule has 3 amide bonds. The van der Waals surface area contributed by atoms with Crippen LogP contribution in [0.5, 0.6) is 0 Å². The van der Waals surface area contributed by atoms with Crippen LogP contribution in [0.4, 0.5) is 18.0 Å². The molecule has 2 aliphatic rings. The van der Waals surface area contributed by atoms with Gasteiger partial charge in [-0.2, -0.15) is 13.2 Å². The van der Waals surface area contributed by atoms with Crippen LogP contribution in [0.1, 0.15) is 29.9 Å². The van der Waals surface area contributed by atoms with E-state index in [4.69, 9.17) is 4.74 Å². The van der Waals surface area contributed by atoms with Gasteiger partial charge in [0.25, 0.3) is 5.91 Å². The molecule has 10 heteroatoms. The summed E-state index contributed by atoms with van der Waals surface area (Å²) in [6.07, 6.45) is -5.13. The number of alkyl halides is 3. The molecule has 2 aromatic carbocycles. The summed E-state index contributed by atoms with van der Waals surface area (Å²) in [5.41, 5.74) is 7.26. The first-order chi connectivity index (χ1) is 15.3. The summed E-state index contributed by atoms with van der Waals surface area (Å²) < 4.78 is 42.4. The highest BCUT2D eigenvalue weighted by atomic mass is 19.4. The van der Waals surface area contributed by atoms with Gasteiger partial charge in [-0.25, -0.2) is 4.79 Å². The Kier molecular flexibility index (Phi) is 5.77. The van der Waals surface area contributed by atoms with Crippen molar-refractivity contribution >= 4 is 17.9 Å². The van der Waals surface area contributed by atoms with E-state index in [9.17, 15) is 27.6 Å². The van der Waals surface area contributed by atoms with E-state index >= 15 is 0 Å². The van der Waals surface area contributed by atoms with Crippen LogP contribution in [0.25, 0.3) is 11.1 Å². The van der Waals surface area contributed by atoms with E-state index in [1.54, 1.807) is 5.43 Å². The molecule has 1 aliphatic carbocycles. The average molecular weight is 447 g/mol. The van der Waals surface area contributed by atoms with Crippen molar-refractivity contribution in [3.63, 3.8) is 0 Å². The fraction of sp³-hybridized carbons (Fsp3) is 0.318. The van der Waals surface area contributed by atoms with E-state index in [0.29, 0.717) is 6.42 Å². The molecule has 32 heavy (non-hydrogen) atoms. The zero-order valence-corrected chi connectivity index (χ0v) is 16.8. The van der Waals surface area contributed by atoms with Crippen LogP contribution >= 0.6 is 0 Å². The molecule has 1 heterocycles. The predicted molar refractivity (Wildman–Crippen MR) is 107 cm³/mol. The van der Waals surface area contributed by atoms with Crippen molar-refractivity contribution in [3.05, 3.63) is 59.7 Å². The Morgan fingerprint density at radius 1 is 0.969 bits per heavy atom. The van der Waals surface area contributed by atoms with E-state index in [0.717, 1.165) is 22.3 Å². The Labute approximate surface area is 181 Å². The first-order valence-electron chi connectivity index (χ1n) is 10.1. The SMILES string of the molecule is O=C(NNC(=O)C(F)(F)F)[C@@H]1CCCN1C(=O)OCC1c2ccccc2-c2ccccc21. The number of hydrogen-bond donors (Lipinski definition) is 2. The van der Waals surface area contributed by atoms with Gasteiger partial charge in [0.15, 0.2) is 0 Å². The Morgan fingerprint density at radius 3 is 2.16 bits per heavy atom. The van der Waals surface area contributed by atoms with E-state index in [-0.39, 0.29) is 25.5 Å². The van der Waals surface area contributed by atoms with Crippen LogP contribution in [0.2, 0.25) is 0 Å². The molecule has 2 aromatic rings. The van der Waals surface area contributed by atoms with Gasteiger partial charge in [0.05, 0.1) is 0 Å². The van der Waals surface area contributed by atoms with Crippen molar-refractivity contribution in [2.75, 3.05) is 13.2 Å². The normalized spacial score (nSPS) is 17.5. The number of nitrogens with zero attached hydrogens (tertiary/aromatic N) is 1. The Balaban J connectivity index is 1.40. The first-order valence-corrected chi connectivity index (χ1v) is 10.1. The van der Waals surface area contributed by atoms with Gasteiger partial charge in [0.1, 0.15) is 12.6 Å². The van der Waals surface area contributed by atoms with E-state index in [2.05, 4.69) is 0 Å². The summed E-state index contributed by atoms with van der Waals surface area (Å²) in [6.45, 7) is 0.282. The van der Waals surface area contributed by atoms with Gasteiger partial charge in [-0.15, -0.1) is 0 Å². The van der Waals surface area contributed by atoms with Crippen molar-refractivity contribution in [3.8, 4) is 11.1 Å². The molecule has 2 N–H and O–H groups in total. The number of halogens is 3. The fourth-order valence-corrected chi connectivity index (χ4v) is 4.21. The molecule has 0 radical (unpaired) electrons. The van der Waals surface area contributed by atoms with Gasteiger partial charge in [-0.05, 0) is 35.1 Å². The molecule has 168 valence electrons. The summed E-state index contributed by atoms with van der Waals surface area (Å²) >= 11 is 0. The summed E-state index contributed by atoms with van der Waals surface area (Å²) in [4.78, 5) is 37.0. The number of carbonyl (C=O) groups is 3. The summed E-state index contributed by atoms with van der Waals surface area (Å²) in [6, 6.07) is 14.6. The smallest absolute Gasteiger partial charge is 0.448 e. The van der Waals surface area contributed by atoms with Gasteiger partial charge < -0.3 is 4.74 Å². The second-order valence-corrected chi connectivity index (χ2v) is 7.60. The Morgan fingerprint density at radius 2 is 1.56 bits per heavy atom. The van der Waals surface area contributed by atoms with Gasteiger partial charge in [-0.1, -0.05) is 48.5 Å². The number of rotatable bonds is 3. The lowest BCUT2D eigenvalue weighted by Crippen LogP contribution is -2.54. The number of carbonyl (C=O) groups excluding carboxylic acids is 3. The fourth-order valence-electron chi connectivity index (χ4n) is 4.21. The number of fused-ring (bicyclic) bond motifs is 3. The maximum Gasteiger partial charge on any atom is 0.472 e.